The van der Waals surface area contributed by atoms with Crippen molar-refractivity contribution in [2.75, 3.05) is 33.3 Å². The second-order valence-electron chi connectivity index (χ2n) is 6.89. The van der Waals surface area contributed by atoms with Gasteiger partial charge in [0.2, 0.25) is 5.91 Å². The molecule has 2 aliphatic rings. The standard InChI is InChI=1S/C18H26ClN3O2/c1-24-16-5-4-15(19)12-14(16)13-21-8-10-22(11-9-21)17(23)18(20)6-2-3-7-18/h4-5,12H,2-3,6-11,13,20H2,1H3. The molecule has 24 heavy (non-hydrogen) atoms. The van der Waals surface area contributed by atoms with E-state index in [0.29, 0.717) is 5.02 Å². The first-order chi connectivity index (χ1) is 11.5. The summed E-state index contributed by atoms with van der Waals surface area (Å²) in [5.74, 6) is 0.991. The molecule has 1 saturated heterocycles. The number of hydrogen-bond acceptors (Lipinski definition) is 4. The number of benzene rings is 1. The molecular formula is C18H26ClN3O2. The van der Waals surface area contributed by atoms with Crippen molar-refractivity contribution >= 4 is 17.5 Å². The van der Waals surface area contributed by atoms with Crippen molar-refractivity contribution in [3.63, 3.8) is 0 Å². The molecule has 0 bridgehead atoms. The monoisotopic (exact) mass is 351 g/mol. The molecule has 1 amide bonds. The van der Waals surface area contributed by atoms with Crippen molar-refractivity contribution in [2.45, 2.75) is 37.8 Å². The first kappa shape index (κ1) is 17.5. The van der Waals surface area contributed by atoms with Gasteiger partial charge in [-0.15, -0.1) is 0 Å². The summed E-state index contributed by atoms with van der Waals surface area (Å²) in [6.45, 7) is 3.94. The first-order valence-electron chi connectivity index (χ1n) is 8.65. The molecule has 5 nitrogen and oxygen atoms in total. The van der Waals surface area contributed by atoms with Gasteiger partial charge in [-0.25, -0.2) is 0 Å². The number of methoxy groups -OCH3 is 1. The zero-order valence-corrected chi connectivity index (χ0v) is 15.0. The maximum absolute atomic E-state index is 12.7. The Kier molecular flexibility index (Phi) is 5.33. The zero-order chi connectivity index (χ0) is 17.2. The third-order valence-electron chi connectivity index (χ3n) is 5.22. The molecule has 1 aliphatic carbocycles. The maximum atomic E-state index is 12.7. The van der Waals surface area contributed by atoms with E-state index < -0.39 is 5.54 Å². The summed E-state index contributed by atoms with van der Waals surface area (Å²) in [6, 6.07) is 5.68. The number of halogens is 1. The fourth-order valence-electron chi connectivity index (χ4n) is 3.76. The van der Waals surface area contributed by atoms with Gasteiger partial charge in [0.05, 0.1) is 12.6 Å². The molecule has 0 atom stereocenters. The van der Waals surface area contributed by atoms with Crippen LogP contribution in [0.15, 0.2) is 18.2 Å². The van der Waals surface area contributed by atoms with Crippen molar-refractivity contribution < 1.29 is 9.53 Å². The van der Waals surface area contributed by atoms with Crippen LogP contribution in [-0.4, -0.2) is 54.5 Å². The number of nitrogens with two attached hydrogens (primary N) is 1. The Bertz CT molecular complexity index is 594. The Morgan fingerprint density at radius 3 is 2.54 bits per heavy atom. The topological polar surface area (TPSA) is 58.8 Å². The molecular weight excluding hydrogens is 326 g/mol. The molecule has 0 radical (unpaired) electrons. The Hall–Kier alpha value is -1.30. The first-order valence-corrected chi connectivity index (χ1v) is 9.03. The summed E-state index contributed by atoms with van der Waals surface area (Å²) in [4.78, 5) is 16.9. The lowest BCUT2D eigenvalue weighted by Crippen LogP contribution is -2.58. The average molecular weight is 352 g/mol. The lowest BCUT2D eigenvalue weighted by Gasteiger charge is -2.38. The van der Waals surface area contributed by atoms with Crippen molar-refractivity contribution in [3.05, 3.63) is 28.8 Å². The van der Waals surface area contributed by atoms with Crippen LogP contribution in [0.1, 0.15) is 31.2 Å². The van der Waals surface area contributed by atoms with Crippen LogP contribution in [0.4, 0.5) is 0 Å². The minimum atomic E-state index is -0.613. The minimum absolute atomic E-state index is 0.139. The smallest absolute Gasteiger partial charge is 0.242 e. The average Bonchev–Trinajstić information content (AvgIpc) is 3.03. The number of amides is 1. The number of nitrogens with zero attached hydrogens (tertiary/aromatic N) is 2. The van der Waals surface area contributed by atoms with E-state index in [1.165, 1.54) is 0 Å². The summed E-state index contributed by atoms with van der Waals surface area (Å²) in [5.41, 5.74) is 6.78. The highest BCUT2D eigenvalue weighted by Crippen LogP contribution is 2.30. The van der Waals surface area contributed by atoms with Crippen LogP contribution in [0.2, 0.25) is 5.02 Å². The van der Waals surface area contributed by atoms with E-state index in [0.717, 1.165) is 69.7 Å². The number of carbonyl (C=O) groups excluding carboxylic acids is 1. The van der Waals surface area contributed by atoms with Gasteiger partial charge in [0, 0.05) is 43.3 Å². The van der Waals surface area contributed by atoms with Gasteiger partial charge >= 0.3 is 0 Å². The van der Waals surface area contributed by atoms with Gasteiger partial charge in [-0.2, -0.15) is 0 Å². The Balaban J connectivity index is 1.57. The predicted molar refractivity (Wildman–Crippen MR) is 95.2 cm³/mol. The Morgan fingerprint density at radius 1 is 1.25 bits per heavy atom. The molecule has 0 aromatic heterocycles. The molecule has 1 aromatic carbocycles. The number of piperazine rings is 1. The molecule has 1 aromatic rings. The highest BCUT2D eigenvalue weighted by molar-refractivity contribution is 6.30. The molecule has 1 aliphatic heterocycles. The predicted octanol–water partition coefficient (Wildman–Crippen LogP) is 2.26. The summed E-state index contributed by atoms with van der Waals surface area (Å²) in [5, 5.41) is 0.714. The van der Waals surface area contributed by atoms with E-state index >= 15 is 0 Å². The molecule has 2 N–H and O–H groups in total. The van der Waals surface area contributed by atoms with Crippen molar-refractivity contribution in [2.24, 2.45) is 5.73 Å². The molecule has 3 rings (SSSR count). The van der Waals surface area contributed by atoms with Crippen LogP contribution in [0, 0.1) is 0 Å². The molecule has 2 fully saturated rings. The lowest BCUT2D eigenvalue weighted by atomic mass is 9.97. The summed E-state index contributed by atoms with van der Waals surface area (Å²) in [7, 11) is 1.67. The van der Waals surface area contributed by atoms with E-state index in [-0.39, 0.29) is 5.91 Å². The van der Waals surface area contributed by atoms with Crippen molar-refractivity contribution in [1.82, 2.24) is 9.80 Å². The maximum Gasteiger partial charge on any atom is 0.242 e. The SMILES string of the molecule is COc1ccc(Cl)cc1CN1CCN(C(=O)C2(N)CCCC2)CC1. The van der Waals surface area contributed by atoms with Crippen LogP contribution in [-0.2, 0) is 11.3 Å². The summed E-state index contributed by atoms with van der Waals surface area (Å²) < 4.78 is 5.42. The van der Waals surface area contributed by atoms with Crippen LogP contribution >= 0.6 is 11.6 Å². The molecule has 1 saturated carbocycles. The summed E-state index contributed by atoms with van der Waals surface area (Å²) >= 11 is 6.10. The van der Waals surface area contributed by atoms with Crippen molar-refractivity contribution in [3.8, 4) is 5.75 Å². The van der Waals surface area contributed by atoms with E-state index in [1.54, 1.807) is 7.11 Å². The number of ether oxygens (including phenoxy) is 1. The number of hydrogen-bond donors (Lipinski definition) is 1. The molecule has 0 unspecified atom stereocenters. The highest BCUT2D eigenvalue weighted by atomic mass is 35.5. The molecule has 132 valence electrons. The highest BCUT2D eigenvalue weighted by Gasteiger charge is 2.40. The molecule has 6 heteroatoms. The van der Waals surface area contributed by atoms with Gasteiger partial charge in [0.15, 0.2) is 0 Å². The van der Waals surface area contributed by atoms with E-state index in [4.69, 9.17) is 22.1 Å². The minimum Gasteiger partial charge on any atom is -0.496 e. The largest absolute Gasteiger partial charge is 0.496 e. The van der Waals surface area contributed by atoms with Gasteiger partial charge in [-0.05, 0) is 31.0 Å². The fraction of sp³-hybridized carbons (Fsp3) is 0.611. The van der Waals surface area contributed by atoms with Crippen LogP contribution in [0.5, 0.6) is 5.75 Å². The number of carbonyl (C=O) groups is 1. The number of rotatable bonds is 4. The van der Waals surface area contributed by atoms with E-state index in [2.05, 4.69) is 4.90 Å². The van der Waals surface area contributed by atoms with Gasteiger partial charge in [-0.1, -0.05) is 24.4 Å². The van der Waals surface area contributed by atoms with E-state index in [1.807, 2.05) is 23.1 Å². The Labute approximate surface area is 148 Å². The molecule has 0 spiro atoms. The molecule has 1 heterocycles. The van der Waals surface area contributed by atoms with Gasteiger partial charge in [0.25, 0.3) is 0 Å². The fourth-order valence-corrected chi connectivity index (χ4v) is 3.95. The zero-order valence-electron chi connectivity index (χ0n) is 14.3. The lowest BCUT2D eigenvalue weighted by molar-refractivity contribution is -0.138. The summed E-state index contributed by atoms with van der Waals surface area (Å²) in [6.07, 6.45) is 3.78. The van der Waals surface area contributed by atoms with Crippen molar-refractivity contribution in [1.29, 1.82) is 0 Å². The Morgan fingerprint density at radius 2 is 1.92 bits per heavy atom. The van der Waals surface area contributed by atoms with Crippen LogP contribution < -0.4 is 10.5 Å². The second kappa shape index (κ2) is 7.30. The normalized spacial score (nSPS) is 21.0. The second-order valence-corrected chi connectivity index (χ2v) is 7.32. The third kappa shape index (κ3) is 3.68. The van der Waals surface area contributed by atoms with Gasteiger partial charge < -0.3 is 15.4 Å². The van der Waals surface area contributed by atoms with Gasteiger partial charge in [0.1, 0.15) is 5.75 Å². The van der Waals surface area contributed by atoms with Crippen LogP contribution in [0.25, 0.3) is 0 Å². The van der Waals surface area contributed by atoms with Gasteiger partial charge in [-0.3, -0.25) is 9.69 Å². The van der Waals surface area contributed by atoms with Crippen LogP contribution in [0.3, 0.4) is 0 Å². The van der Waals surface area contributed by atoms with E-state index in [9.17, 15) is 4.79 Å². The quantitative estimate of drug-likeness (QED) is 0.904. The third-order valence-corrected chi connectivity index (χ3v) is 5.45.